The number of rotatable bonds is 7. The van der Waals surface area contributed by atoms with Gasteiger partial charge in [0.05, 0.1) is 29.4 Å². The summed E-state index contributed by atoms with van der Waals surface area (Å²) < 4.78 is 10.8. The van der Waals surface area contributed by atoms with E-state index in [1.165, 1.54) is 4.90 Å². The standard InChI is InChI=1S/C21H21NO5/c1-14(2)27-21(25)15-8-10-16(11-9-15)26-13-5-12-22-19(23)17-6-3-4-7-18(17)20(22)24/h3-4,6-11,14H,5,12-13H2,1-2H3. The number of hydrogen-bond acceptors (Lipinski definition) is 5. The maximum atomic E-state index is 12.3. The Labute approximate surface area is 157 Å². The molecule has 6 nitrogen and oxygen atoms in total. The minimum atomic E-state index is -0.373. The van der Waals surface area contributed by atoms with Crippen molar-refractivity contribution in [1.82, 2.24) is 4.90 Å². The van der Waals surface area contributed by atoms with Gasteiger partial charge in [0.25, 0.3) is 11.8 Å². The predicted molar refractivity (Wildman–Crippen MR) is 98.9 cm³/mol. The highest BCUT2D eigenvalue weighted by molar-refractivity contribution is 6.21. The molecule has 1 aliphatic rings. The van der Waals surface area contributed by atoms with Crippen molar-refractivity contribution < 1.29 is 23.9 Å². The number of fused-ring (bicyclic) bond motifs is 1. The van der Waals surface area contributed by atoms with Crippen molar-refractivity contribution >= 4 is 17.8 Å². The van der Waals surface area contributed by atoms with Crippen LogP contribution in [0.3, 0.4) is 0 Å². The summed E-state index contributed by atoms with van der Waals surface area (Å²) in [5, 5.41) is 0. The monoisotopic (exact) mass is 367 g/mol. The van der Waals surface area contributed by atoms with Crippen LogP contribution < -0.4 is 4.74 Å². The quantitative estimate of drug-likeness (QED) is 0.426. The summed E-state index contributed by atoms with van der Waals surface area (Å²) in [6, 6.07) is 13.5. The second kappa shape index (κ2) is 8.03. The second-order valence-electron chi connectivity index (χ2n) is 6.49. The van der Waals surface area contributed by atoms with E-state index in [-0.39, 0.29) is 23.9 Å². The van der Waals surface area contributed by atoms with Gasteiger partial charge < -0.3 is 9.47 Å². The SMILES string of the molecule is CC(C)OC(=O)c1ccc(OCCCN2C(=O)c3ccccc3C2=O)cc1. The summed E-state index contributed by atoms with van der Waals surface area (Å²) in [4.78, 5) is 37.6. The van der Waals surface area contributed by atoms with Gasteiger partial charge in [0.2, 0.25) is 0 Å². The smallest absolute Gasteiger partial charge is 0.338 e. The van der Waals surface area contributed by atoms with Crippen LogP contribution in [0.1, 0.15) is 51.3 Å². The molecule has 0 saturated carbocycles. The molecule has 6 heteroatoms. The van der Waals surface area contributed by atoms with Crippen molar-refractivity contribution in [3.8, 4) is 5.75 Å². The van der Waals surface area contributed by atoms with Crippen LogP contribution >= 0.6 is 0 Å². The minimum Gasteiger partial charge on any atom is -0.494 e. The van der Waals surface area contributed by atoms with Gasteiger partial charge in [-0.05, 0) is 56.7 Å². The first kappa shape index (κ1) is 18.6. The molecule has 0 saturated heterocycles. The Morgan fingerprint density at radius 3 is 2.11 bits per heavy atom. The minimum absolute atomic E-state index is 0.171. The zero-order valence-electron chi connectivity index (χ0n) is 15.3. The molecule has 0 fully saturated rings. The molecule has 2 aromatic carbocycles. The normalized spacial score (nSPS) is 13.1. The Hall–Kier alpha value is -3.15. The molecule has 0 bridgehead atoms. The Morgan fingerprint density at radius 1 is 0.963 bits per heavy atom. The molecule has 2 amide bonds. The second-order valence-corrected chi connectivity index (χ2v) is 6.49. The first-order valence-corrected chi connectivity index (χ1v) is 8.86. The Bertz CT molecular complexity index is 822. The number of amides is 2. The molecule has 0 radical (unpaired) electrons. The average Bonchev–Trinajstić information content (AvgIpc) is 2.90. The molecule has 0 N–H and O–H groups in total. The van der Waals surface area contributed by atoms with E-state index < -0.39 is 0 Å². The Balaban J connectivity index is 1.48. The third kappa shape index (κ3) is 4.16. The fraction of sp³-hybridized carbons (Fsp3) is 0.286. The van der Waals surface area contributed by atoms with E-state index in [4.69, 9.17) is 9.47 Å². The Kier molecular flexibility index (Phi) is 5.54. The number of benzene rings is 2. The van der Waals surface area contributed by atoms with Gasteiger partial charge in [-0.3, -0.25) is 14.5 Å². The highest BCUT2D eigenvalue weighted by Gasteiger charge is 2.34. The van der Waals surface area contributed by atoms with Gasteiger partial charge in [0, 0.05) is 6.54 Å². The fourth-order valence-corrected chi connectivity index (χ4v) is 2.82. The van der Waals surface area contributed by atoms with Crippen LogP contribution in [0.25, 0.3) is 0 Å². The van der Waals surface area contributed by atoms with Gasteiger partial charge in [0.15, 0.2) is 0 Å². The molecule has 27 heavy (non-hydrogen) atoms. The lowest BCUT2D eigenvalue weighted by Crippen LogP contribution is -2.31. The molecule has 0 atom stereocenters. The van der Waals surface area contributed by atoms with Crippen molar-refractivity contribution in [2.24, 2.45) is 0 Å². The van der Waals surface area contributed by atoms with Crippen LogP contribution in [0.4, 0.5) is 0 Å². The van der Waals surface area contributed by atoms with Gasteiger partial charge in [-0.2, -0.15) is 0 Å². The highest BCUT2D eigenvalue weighted by atomic mass is 16.5. The molecular formula is C21H21NO5. The van der Waals surface area contributed by atoms with Crippen molar-refractivity contribution in [2.75, 3.05) is 13.2 Å². The molecule has 0 spiro atoms. The first-order valence-electron chi connectivity index (χ1n) is 8.86. The lowest BCUT2D eigenvalue weighted by molar-refractivity contribution is 0.0377. The molecule has 3 rings (SSSR count). The molecule has 140 valence electrons. The van der Waals surface area contributed by atoms with Crippen LogP contribution in [0, 0.1) is 0 Å². The third-order valence-corrected chi connectivity index (χ3v) is 4.11. The lowest BCUT2D eigenvalue weighted by Gasteiger charge is -2.14. The predicted octanol–water partition coefficient (Wildman–Crippen LogP) is 3.32. The molecule has 1 heterocycles. The van der Waals surface area contributed by atoms with Crippen molar-refractivity contribution in [3.05, 3.63) is 65.2 Å². The highest BCUT2D eigenvalue weighted by Crippen LogP contribution is 2.22. The topological polar surface area (TPSA) is 72.9 Å². The molecule has 2 aromatic rings. The molecule has 0 unspecified atom stereocenters. The van der Waals surface area contributed by atoms with Gasteiger partial charge in [0.1, 0.15) is 5.75 Å². The van der Waals surface area contributed by atoms with E-state index in [9.17, 15) is 14.4 Å². The van der Waals surface area contributed by atoms with Crippen LogP contribution in [0.15, 0.2) is 48.5 Å². The molecule has 0 aliphatic carbocycles. The summed E-state index contributed by atoms with van der Waals surface area (Å²) in [5.41, 5.74) is 1.36. The van der Waals surface area contributed by atoms with Crippen LogP contribution in [-0.2, 0) is 4.74 Å². The summed E-state index contributed by atoms with van der Waals surface area (Å²) in [6.07, 6.45) is 0.346. The van der Waals surface area contributed by atoms with E-state index in [1.54, 1.807) is 62.4 Å². The van der Waals surface area contributed by atoms with Crippen molar-refractivity contribution in [1.29, 1.82) is 0 Å². The zero-order valence-corrected chi connectivity index (χ0v) is 15.3. The van der Waals surface area contributed by atoms with Crippen LogP contribution in [0.5, 0.6) is 5.75 Å². The summed E-state index contributed by atoms with van der Waals surface area (Å²) in [5.74, 6) is -0.284. The van der Waals surface area contributed by atoms with Crippen LogP contribution in [0.2, 0.25) is 0 Å². The van der Waals surface area contributed by atoms with E-state index in [0.29, 0.717) is 42.0 Å². The number of nitrogens with zero attached hydrogens (tertiary/aromatic N) is 1. The van der Waals surface area contributed by atoms with E-state index in [0.717, 1.165) is 0 Å². The number of esters is 1. The van der Waals surface area contributed by atoms with Gasteiger partial charge in [-0.15, -0.1) is 0 Å². The lowest BCUT2D eigenvalue weighted by atomic mass is 10.1. The first-order chi connectivity index (χ1) is 13.0. The summed E-state index contributed by atoms with van der Waals surface area (Å²) in [6.45, 7) is 4.24. The summed E-state index contributed by atoms with van der Waals surface area (Å²) >= 11 is 0. The fourth-order valence-electron chi connectivity index (χ4n) is 2.82. The number of hydrogen-bond donors (Lipinski definition) is 0. The maximum Gasteiger partial charge on any atom is 0.338 e. The van der Waals surface area contributed by atoms with E-state index in [2.05, 4.69) is 0 Å². The number of carbonyl (C=O) groups excluding carboxylic acids is 3. The number of carbonyl (C=O) groups is 3. The summed E-state index contributed by atoms with van der Waals surface area (Å²) in [7, 11) is 0. The molecule has 0 aromatic heterocycles. The number of ether oxygens (including phenoxy) is 2. The van der Waals surface area contributed by atoms with Crippen molar-refractivity contribution in [2.45, 2.75) is 26.4 Å². The van der Waals surface area contributed by atoms with E-state index in [1.807, 2.05) is 0 Å². The van der Waals surface area contributed by atoms with Crippen LogP contribution in [-0.4, -0.2) is 41.9 Å². The zero-order chi connectivity index (χ0) is 19.4. The molecule has 1 aliphatic heterocycles. The van der Waals surface area contributed by atoms with Gasteiger partial charge in [-0.25, -0.2) is 4.79 Å². The maximum absolute atomic E-state index is 12.3. The Morgan fingerprint density at radius 2 is 1.56 bits per heavy atom. The third-order valence-electron chi connectivity index (χ3n) is 4.11. The van der Waals surface area contributed by atoms with E-state index >= 15 is 0 Å². The average molecular weight is 367 g/mol. The molecular weight excluding hydrogens is 346 g/mol. The van der Waals surface area contributed by atoms with Gasteiger partial charge >= 0.3 is 5.97 Å². The van der Waals surface area contributed by atoms with Crippen molar-refractivity contribution in [3.63, 3.8) is 0 Å². The largest absolute Gasteiger partial charge is 0.494 e. The van der Waals surface area contributed by atoms with Gasteiger partial charge in [-0.1, -0.05) is 12.1 Å². The number of imide groups is 1.